The molecule has 300 valence electrons. The molecule has 0 aromatic carbocycles. The van der Waals surface area contributed by atoms with Crippen LogP contribution < -0.4 is 4.89 Å². The summed E-state index contributed by atoms with van der Waals surface area (Å²) in [6.45, 7) is 2.15. The van der Waals surface area contributed by atoms with Gasteiger partial charge >= 0.3 is 11.9 Å². The van der Waals surface area contributed by atoms with E-state index in [4.69, 9.17) is 19.1 Å². The van der Waals surface area contributed by atoms with E-state index in [1.807, 2.05) is 0 Å². The number of phosphoric ester groups is 1. The standard InChI is InChI=1S/C40H75O10P/c1-3-5-7-9-11-13-15-17-18-20-21-23-25-27-29-31-39(43)47-35-38(36-49-51(45,46)48-34-37(42)33-41)50-40(44)32-30-28-26-24-22-19-16-14-12-10-8-6-4-2/h13-16,37-38,41-42H,3-12,17-36H2,1-2H3,(H,45,46)/p-1/b15-13-,16-14-/t37-,38+/m0/s1. The highest BCUT2D eigenvalue weighted by Crippen LogP contribution is 2.38. The smallest absolute Gasteiger partial charge is 0.306 e. The Labute approximate surface area is 310 Å². The van der Waals surface area contributed by atoms with Crippen molar-refractivity contribution in [3.05, 3.63) is 24.3 Å². The monoisotopic (exact) mass is 746 g/mol. The third-order valence-corrected chi connectivity index (χ3v) is 9.50. The number of phosphoric acid groups is 1. The van der Waals surface area contributed by atoms with Crippen molar-refractivity contribution in [2.45, 2.75) is 193 Å². The Bertz CT molecular complexity index is 910. The molecule has 10 nitrogen and oxygen atoms in total. The van der Waals surface area contributed by atoms with Gasteiger partial charge in [-0.05, 0) is 64.2 Å². The lowest BCUT2D eigenvalue weighted by atomic mass is 10.1. The predicted octanol–water partition coefficient (Wildman–Crippen LogP) is 9.59. The molecule has 11 heteroatoms. The normalized spacial score (nSPS) is 14.2. The van der Waals surface area contributed by atoms with E-state index >= 15 is 0 Å². The average Bonchev–Trinajstić information content (AvgIpc) is 3.12. The highest BCUT2D eigenvalue weighted by atomic mass is 31.2. The van der Waals surface area contributed by atoms with E-state index in [9.17, 15) is 24.2 Å². The molecule has 0 heterocycles. The SMILES string of the molecule is CCCCCC/C=C\CCCCCCCCCC(=O)OC[C@H](COP(=O)([O-])OC[C@@H](O)CO)OC(=O)CCCCCCC/C=C\CCCCCC. The van der Waals surface area contributed by atoms with Crippen LogP contribution in [0, 0.1) is 0 Å². The maximum Gasteiger partial charge on any atom is 0.306 e. The Morgan fingerprint density at radius 1 is 0.588 bits per heavy atom. The van der Waals surface area contributed by atoms with Gasteiger partial charge in [0, 0.05) is 12.8 Å². The number of rotatable bonds is 38. The molecule has 1 unspecified atom stereocenters. The van der Waals surface area contributed by atoms with Gasteiger partial charge in [-0.2, -0.15) is 0 Å². The maximum atomic E-state index is 12.5. The zero-order valence-corrected chi connectivity index (χ0v) is 33.2. The van der Waals surface area contributed by atoms with E-state index in [2.05, 4.69) is 42.7 Å². The maximum absolute atomic E-state index is 12.5. The molecule has 2 N–H and O–H groups in total. The van der Waals surface area contributed by atoms with E-state index in [0.29, 0.717) is 12.8 Å². The molecule has 51 heavy (non-hydrogen) atoms. The van der Waals surface area contributed by atoms with Crippen molar-refractivity contribution in [1.29, 1.82) is 0 Å². The molecule has 3 atom stereocenters. The second kappa shape index (κ2) is 36.8. The van der Waals surface area contributed by atoms with Gasteiger partial charge in [0.15, 0.2) is 6.10 Å². The summed E-state index contributed by atoms with van der Waals surface area (Å²) in [6.07, 6.45) is 34.0. The topological polar surface area (TPSA) is 152 Å². The molecule has 0 spiro atoms. The number of hydrogen-bond donors (Lipinski definition) is 2. The van der Waals surface area contributed by atoms with Crippen LogP contribution in [0.25, 0.3) is 0 Å². The zero-order valence-electron chi connectivity index (χ0n) is 32.3. The number of allylic oxidation sites excluding steroid dienone is 4. The predicted molar refractivity (Wildman–Crippen MR) is 203 cm³/mol. The van der Waals surface area contributed by atoms with Gasteiger partial charge in [0.25, 0.3) is 7.82 Å². The molecule has 0 rings (SSSR count). The quantitative estimate of drug-likeness (QED) is 0.0271. The van der Waals surface area contributed by atoms with Gasteiger partial charge in [-0.1, -0.05) is 128 Å². The van der Waals surface area contributed by atoms with Crippen LogP contribution in [0.2, 0.25) is 0 Å². The largest absolute Gasteiger partial charge is 0.756 e. The van der Waals surface area contributed by atoms with Gasteiger partial charge in [0.1, 0.15) is 12.7 Å². The lowest BCUT2D eigenvalue weighted by Crippen LogP contribution is -2.30. The Morgan fingerprint density at radius 2 is 0.980 bits per heavy atom. The first-order valence-electron chi connectivity index (χ1n) is 20.3. The summed E-state index contributed by atoms with van der Waals surface area (Å²) < 4.78 is 32.2. The third-order valence-electron chi connectivity index (χ3n) is 8.57. The van der Waals surface area contributed by atoms with Crippen molar-refractivity contribution in [2.75, 3.05) is 26.4 Å². The van der Waals surface area contributed by atoms with Crippen LogP contribution in [0.5, 0.6) is 0 Å². The number of aliphatic hydroxyl groups excluding tert-OH is 2. The number of hydrogen-bond acceptors (Lipinski definition) is 10. The Balaban J connectivity index is 4.34. The number of carbonyl (C=O) groups excluding carboxylic acids is 2. The summed E-state index contributed by atoms with van der Waals surface area (Å²) in [7, 11) is -4.86. The minimum atomic E-state index is -4.86. The molecule has 0 saturated carbocycles. The summed E-state index contributed by atoms with van der Waals surface area (Å²) >= 11 is 0. The second-order valence-corrected chi connectivity index (χ2v) is 15.0. The van der Waals surface area contributed by atoms with Crippen LogP contribution >= 0.6 is 7.82 Å². The molecule has 0 bridgehead atoms. The van der Waals surface area contributed by atoms with E-state index in [-0.39, 0.29) is 19.4 Å². The van der Waals surface area contributed by atoms with Gasteiger partial charge in [-0.15, -0.1) is 0 Å². The minimum Gasteiger partial charge on any atom is -0.756 e. The van der Waals surface area contributed by atoms with Gasteiger partial charge in [0.2, 0.25) is 0 Å². The van der Waals surface area contributed by atoms with Crippen molar-refractivity contribution in [2.24, 2.45) is 0 Å². The zero-order chi connectivity index (χ0) is 37.7. The summed E-state index contributed by atoms with van der Waals surface area (Å²) in [6, 6.07) is 0. The van der Waals surface area contributed by atoms with Crippen LogP contribution in [0.1, 0.15) is 181 Å². The lowest BCUT2D eigenvalue weighted by Gasteiger charge is -2.26. The van der Waals surface area contributed by atoms with Gasteiger partial charge in [-0.25, -0.2) is 0 Å². The fourth-order valence-electron chi connectivity index (χ4n) is 5.39. The van der Waals surface area contributed by atoms with Crippen molar-refractivity contribution in [3.8, 4) is 0 Å². The Hall–Kier alpha value is -1.55. The third kappa shape index (κ3) is 36.6. The van der Waals surface area contributed by atoms with Gasteiger partial charge < -0.3 is 33.6 Å². The average molecular weight is 746 g/mol. The second-order valence-electron chi connectivity index (χ2n) is 13.6. The van der Waals surface area contributed by atoms with E-state index in [1.54, 1.807) is 0 Å². The Morgan fingerprint density at radius 3 is 1.43 bits per heavy atom. The fourth-order valence-corrected chi connectivity index (χ4v) is 6.17. The van der Waals surface area contributed by atoms with Crippen molar-refractivity contribution < 1.29 is 47.8 Å². The van der Waals surface area contributed by atoms with E-state index in [0.717, 1.165) is 64.2 Å². The van der Waals surface area contributed by atoms with E-state index in [1.165, 1.54) is 77.0 Å². The first-order valence-corrected chi connectivity index (χ1v) is 21.7. The van der Waals surface area contributed by atoms with Crippen LogP contribution in [-0.4, -0.2) is 60.8 Å². The van der Waals surface area contributed by atoms with E-state index < -0.39 is 51.8 Å². The molecule has 0 saturated heterocycles. The summed E-state index contributed by atoms with van der Waals surface area (Å²) in [5, 5.41) is 18.2. The van der Waals surface area contributed by atoms with Crippen LogP contribution in [-0.2, 0) is 32.7 Å². The molecule has 0 radical (unpaired) electrons. The van der Waals surface area contributed by atoms with Crippen molar-refractivity contribution in [1.82, 2.24) is 0 Å². The molecule has 0 aromatic rings. The molecular weight excluding hydrogens is 671 g/mol. The highest BCUT2D eigenvalue weighted by molar-refractivity contribution is 7.45. The molecule has 0 aliphatic carbocycles. The lowest BCUT2D eigenvalue weighted by molar-refractivity contribution is -0.230. The number of ether oxygens (including phenoxy) is 2. The van der Waals surface area contributed by atoms with Crippen LogP contribution in [0.4, 0.5) is 0 Å². The highest BCUT2D eigenvalue weighted by Gasteiger charge is 2.21. The first-order chi connectivity index (χ1) is 24.7. The number of aliphatic hydroxyl groups is 2. The fraction of sp³-hybridized carbons (Fsp3) is 0.850. The van der Waals surface area contributed by atoms with Crippen LogP contribution in [0.3, 0.4) is 0 Å². The molecule has 0 amide bonds. The van der Waals surface area contributed by atoms with Crippen molar-refractivity contribution >= 4 is 19.8 Å². The van der Waals surface area contributed by atoms with Gasteiger partial charge in [0.05, 0.1) is 19.8 Å². The molecule has 0 fully saturated rings. The number of esters is 2. The minimum absolute atomic E-state index is 0.159. The number of unbranched alkanes of at least 4 members (excludes halogenated alkanes) is 20. The summed E-state index contributed by atoms with van der Waals surface area (Å²) in [5.74, 6) is -0.974. The summed E-state index contributed by atoms with van der Waals surface area (Å²) in [5.41, 5.74) is 0. The van der Waals surface area contributed by atoms with Crippen LogP contribution in [0.15, 0.2) is 24.3 Å². The van der Waals surface area contributed by atoms with Gasteiger partial charge in [-0.3, -0.25) is 14.2 Å². The molecule has 0 aliphatic rings. The molecule has 0 aliphatic heterocycles. The Kier molecular flexibility index (Phi) is 35.7. The summed E-state index contributed by atoms with van der Waals surface area (Å²) in [4.78, 5) is 37.0. The first kappa shape index (κ1) is 49.5. The molecule has 0 aromatic heterocycles. The molecular formula is C40H74O10P-. The number of carbonyl (C=O) groups is 2. The van der Waals surface area contributed by atoms with Crippen molar-refractivity contribution in [3.63, 3.8) is 0 Å².